The van der Waals surface area contributed by atoms with Gasteiger partial charge in [0.25, 0.3) is 0 Å². The van der Waals surface area contributed by atoms with Crippen molar-refractivity contribution >= 4 is 17.3 Å². The molecule has 84 valence electrons. The van der Waals surface area contributed by atoms with Gasteiger partial charge in [-0.3, -0.25) is 0 Å². The Morgan fingerprint density at radius 3 is 3.00 bits per heavy atom. The summed E-state index contributed by atoms with van der Waals surface area (Å²) in [6.45, 7) is 2.97. The van der Waals surface area contributed by atoms with Gasteiger partial charge in [0.1, 0.15) is 6.33 Å². The fourth-order valence-electron chi connectivity index (χ4n) is 1.58. The van der Waals surface area contributed by atoms with Crippen LogP contribution in [0.5, 0.6) is 0 Å². The Balaban J connectivity index is 2.49. The van der Waals surface area contributed by atoms with Crippen LogP contribution in [0.4, 0.5) is 5.69 Å². The highest BCUT2D eigenvalue weighted by molar-refractivity contribution is 6.33. The Bertz CT molecular complexity index is 492. The van der Waals surface area contributed by atoms with Gasteiger partial charge in [-0.1, -0.05) is 18.5 Å². The Morgan fingerprint density at radius 1 is 1.44 bits per heavy atom. The first-order valence-electron chi connectivity index (χ1n) is 5.15. The van der Waals surface area contributed by atoms with E-state index in [4.69, 9.17) is 17.3 Å². The minimum Gasteiger partial charge on any atom is -0.399 e. The summed E-state index contributed by atoms with van der Waals surface area (Å²) in [7, 11) is 0. The molecule has 0 unspecified atom stereocenters. The summed E-state index contributed by atoms with van der Waals surface area (Å²) in [6, 6.07) is 5.36. The smallest absolute Gasteiger partial charge is 0.165 e. The van der Waals surface area contributed by atoms with E-state index < -0.39 is 0 Å². The predicted octanol–water partition coefficient (Wildman–Crippen LogP) is 2.59. The Morgan fingerprint density at radius 2 is 2.25 bits per heavy atom. The molecule has 4 nitrogen and oxygen atoms in total. The summed E-state index contributed by atoms with van der Waals surface area (Å²) in [4.78, 5) is 0. The number of aromatic nitrogens is 3. The van der Waals surface area contributed by atoms with Gasteiger partial charge in [0.05, 0.1) is 5.02 Å². The molecule has 1 aromatic heterocycles. The van der Waals surface area contributed by atoms with Crippen LogP contribution in [0.15, 0.2) is 24.5 Å². The van der Waals surface area contributed by atoms with Crippen LogP contribution < -0.4 is 5.73 Å². The van der Waals surface area contributed by atoms with Crippen LogP contribution in [0.3, 0.4) is 0 Å². The number of benzene rings is 1. The first-order chi connectivity index (χ1) is 7.72. The maximum Gasteiger partial charge on any atom is 0.165 e. The van der Waals surface area contributed by atoms with E-state index in [1.807, 2.05) is 10.6 Å². The quantitative estimate of drug-likeness (QED) is 0.834. The van der Waals surface area contributed by atoms with E-state index in [0.29, 0.717) is 10.7 Å². The molecule has 1 aromatic carbocycles. The zero-order valence-electron chi connectivity index (χ0n) is 9.02. The highest BCUT2D eigenvalue weighted by Gasteiger charge is 2.10. The molecule has 16 heavy (non-hydrogen) atoms. The summed E-state index contributed by atoms with van der Waals surface area (Å²) in [5.41, 5.74) is 7.24. The molecule has 0 saturated carbocycles. The first-order valence-corrected chi connectivity index (χ1v) is 5.53. The average molecular weight is 237 g/mol. The van der Waals surface area contributed by atoms with Gasteiger partial charge in [-0.05, 0) is 24.6 Å². The minimum absolute atomic E-state index is 0.638. The van der Waals surface area contributed by atoms with Crippen molar-refractivity contribution in [2.75, 3.05) is 5.73 Å². The summed E-state index contributed by atoms with van der Waals surface area (Å²) < 4.78 is 1.97. The van der Waals surface area contributed by atoms with Gasteiger partial charge < -0.3 is 10.3 Å². The molecule has 0 radical (unpaired) electrons. The van der Waals surface area contributed by atoms with Crippen LogP contribution in [0.25, 0.3) is 11.4 Å². The van der Waals surface area contributed by atoms with Crippen molar-refractivity contribution in [3.05, 3.63) is 29.5 Å². The molecule has 1 heterocycles. The number of hydrogen-bond donors (Lipinski definition) is 1. The molecular formula is C11H13ClN4. The van der Waals surface area contributed by atoms with Crippen molar-refractivity contribution in [1.82, 2.24) is 14.8 Å². The maximum absolute atomic E-state index is 6.12. The van der Waals surface area contributed by atoms with Crippen molar-refractivity contribution in [3.8, 4) is 11.4 Å². The van der Waals surface area contributed by atoms with Crippen LogP contribution in [0.2, 0.25) is 5.02 Å². The largest absolute Gasteiger partial charge is 0.399 e. The Kier molecular flexibility index (Phi) is 3.10. The molecule has 2 N–H and O–H groups in total. The van der Waals surface area contributed by atoms with Gasteiger partial charge in [-0.2, -0.15) is 0 Å². The average Bonchev–Trinajstić information content (AvgIpc) is 2.70. The number of nitrogen functional groups attached to an aromatic ring is 1. The van der Waals surface area contributed by atoms with E-state index in [2.05, 4.69) is 17.1 Å². The summed E-state index contributed by atoms with van der Waals surface area (Å²) >= 11 is 6.12. The van der Waals surface area contributed by atoms with Gasteiger partial charge in [-0.25, -0.2) is 0 Å². The second-order valence-electron chi connectivity index (χ2n) is 3.59. The Hall–Kier alpha value is -1.55. The van der Waals surface area contributed by atoms with E-state index in [9.17, 15) is 0 Å². The zero-order chi connectivity index (χ0) is 11.5. The molecule has 0 fully saturated rings. The highest BCUT2D eigenvalue weighted by Crippen LogP contribution is 2.28. The molecule has 0 amide bonds. The molecule has 0 aliphatic rings. The van der Waals surface area contributed by atoms with Crippen molar-refractivity contribution in [2.45, 2.75) is 19.9 Å². The van der Waals surface area contributed by atoms with E-state index in [-0.39, 0.29) is 0 Å². The third-order valence-corrected chi connectivity index (χ3v) is 2.64. The topological polar surface area (TPSA) is 56.7 Å². The SMILES string of the molecule is CCCn1cnnc1-c1cc(N)ccc1Cl. The van der Waals surface area contributed by atoms with Crippen molar-refractivity contribution in [1.29, 1.82) is 0 Å². The highest BCUT2D eigenvalue weighted by atomic mass is 35.5. The number of halogens is 1. The first kappa shape index (κ1) is 11.0. The Labute approximate surface area is 99.1 Å². The van der Waals surface area contributed by atoms with Gasteiger partial charge in [0.2, 0.25) is 0 Å². The fraction of sp³-hybridized carbons (Fsp3) is 0.273. The maximum atomic E-state index is 6.12. The van der Waals surface area contributed by atoms with Gasteiger partial charge in [0.15, 0.2) is 5.82 Å². The van der Waals surface area contributed by atoms with E-state index >= 15 is 0 Å². The molecule has 2 aromatic rings. The minimum atomic E-state index is 0.638. The molecule has 5 heteroatoms. The molecule has 0 aliphatic heterocycles. The number of nitrogens with two attached hydrogens (primary N) is 1. The monoisotopic (exact) mass is 236 g/mol. The van der Waals surface area contributed by atoms with Gasteiger partial charge in [-0.15, -0.1) is 10.2 Å². The second kappa shape index (κ2) is 4.53. The van der Waals surface area contributed by atoms with Gasteiger partial charge >= 0.3 is 0 Å². The molecule has 0 spiro atoms. The second-order valence-corrected chi connectivity index (χ2v) is 3.99. The fourth-order valence-corrected chi connectivity index (χ4v) is 1.78. The lowest BCUT2D eigenvalue weighted by Gasteiger charge is -2.07. The van der Waals surface area contributed by atoms with Crippen LogP contribution in [-0.4, -0.2) is 14.8 Å². The third-order valence-electron chi connectivity index (χ3n) is 2.31. The standard InChI is InChI=1S/C11H13ClN4/c1-2-5-16-7-14-15-11(16)9-6-8(13)3-4-10(9)12/h3-4,6-7H,2,5,13H2,1H3. The molecule has 0 aliphatic carbocycles. The third kappa shape index (κ3) is 2.02. The normalized spacial score (nSPS) is 10.6. The van der Waals surface area contributed by atoms with Crippen molar-refractivity contribution in [2.24, 2.45) is 0 Å². The number of nitrogens with zero attached hydrogens (tertiary/aromatic N) is 3. The lowest BCUT2D eigenvalue weighted by Crippen LogP contribution is -1.99. The van der Waals surface area contributed by atoms with Crippen LogP contribution >= 0.6 is 11.6 Å². The van der Waals surface area contributed by atoms with E-state index in [1.165, 1.54) is 0 Å². The van der Waals surface area contributed by atoms with Crippen molar-refractivity contribution in [3.63, 3.8) is 0 Å². The molecule has 2 rings (SSSR count). The number of anilines is 1. The molecule has 0 bridgehead atoms. The van der Waals surface area contributed by atoms with Gasteiger partial charge in [0, 0.05) is 17.8 Å². The number of rotatable bonds is 3. The summed E-state index contributed by atoms with van der Waals surface area (Å²) in [6.07, 6.45) is 2.73. The molecule has 0 atom stereocenters. The van der Waals surface area contributed by atoms with E-state index in [0.717, 1.165) is 24.4 Å². The number of hydrogen-bond acceptors (Lipinski definition) is 3. The van der Waals surface area contributed by atoms with Crippen LogP contribution in [0, 0.1) is 0 Å². The predicted molar refractivity (Wildman–Crippen MR) is 65.2 cm³/mol. The lowest BCUT2D eigenvalue weighted by molar-refractivity contribution is 0.683. The van der Waals surface area contributed by atoms with E-state index in [1.54, 1.807) is 18.5 Å². The summed E-state index contributed by atoms with van der Waals surface area (Å²) in [5, 5.41) is 8.62. The number of aryl methyl sites for hydroxylation is 1. The zero-order valence-corrected chi connectivity index (χ0v) is 9.78. The lowest BCUT2D eigenvalue weighted by atomic mass is 10.2. The molecular weight excluding hydrogens is 224 g/mol. The van der Waals surface area contributed by atoms with Crippen LogP contribution in [-0.2, 0) is 6.54 Å². The van der Waals surface area contributed by atoms with Crippen molar-refractivity contribution < 1.29 is 0 Å². The van der Waals surface area contributed by atoms with Crippen LogP contribution in [0.1, 0.15) is 13.3 Å². The molecule has 0 saturated heterocycles. The summed E-state index contributed by atoms with van der Waals surface area (Å²) in [5.74, 6) is 0.763.